The highest BCUT2D eigenvalue weighted by Crippen LogP contribution is 2.19. The predicted octanol–water partition coefficient (Wildman–Crippen LogP) is 3.55. The van der Waals surface area contributed by atoms with Crippen molar-refractivity contribution in [1.29, 1.82) is 0 Å². The van der Waals surface area contributed by atoms with Crippen LogP contribution in [0.5, 0.6) is 5.75 Å². The first-order chi connectivity index (χ1) is 9.29. The third-order valence-electron chi connectivity index (χ3n) is 2.88. The predicted molar refractivity (Wildman–Crippen MR) is 80.0 cm³/mol. The summed E-state index contributed by atoms with van der Waals surface area (Å²) in [4.78, 5) is 0. The zero-order valence-corrected chi connectivity index (χ0v) is 11.2. The van der Waals surface area contributed by atoms with Gasteiger partial charge >= 0.3 is 0 Å². The van der Waals surface area contributed by atoms with Crippen molar-refractivity contribution in [2.24, 2.45) is 5.73 Å². The van der Waals surface area contributed by atoms with Crippen LogP contribution in [-0.2, 0) is 6.54 Å². The second kappa shape index (κ2) is 6.76. The van der Waals surface area contributed by atoms with Crippen LogP contribution in [0.2, 0.25) is 0 Å². The monoisotopic (exact) mass is 253 g/mol. The van der Waals surface area contributed by atoms with Gasteiger partial charge in [-0.3, -0.25) is 0 Å². The van der Waals surface area contributed by atoms with Crippen molar-refractivity contribution in [1.82, 2.24) is 0 Å². The summed E-state index contributed by atoms with van der Waals surface area (Å²) in [6, 6.07) is 16.3. The quantitative estimate of drug-likeness (QED) is 0.884. The van der Waals surface area contributed by atoms with E-state index < -0.39 is 0 Å². The molecule has 2 N–H and O–H groups in total. The molecule has 0 heterocycles. The number of nitrogens with two attached hydrogens (primary N) is 1. The Labute approximate surface area is 114 Å². The van der Waals surface area contributed by atoms with E-state index in [-0.39, 0.29) is 0 Å². The van der Waals surface area contributed by atoms with Crippen molar-refractivity contribution in [2.45, 2.75) is 13.5 Å². The molecule has 98 valence electrons. The van der Waals surface area contributed by atoms with Crippen LogP contribution in [0.4, 0.5) is 0 Å². The van der Waals surface area contributed by atoms with Crippen LogP contribution < -0.4 is 10.5 Å². The highest BCUT2D eigenvalue weighted by Gasteiger charge is 2.01. The summed E-state index contributed by atoms with van der Waals surface area (Å²) in [6.07, 6.45) is 4.06. The Morgan fingerprint density at radius 3 is 2.63 bits per heavy atom. The lowest BCUT2D eigenvalue weighted by Crippen LogP contribution is -2.02. The van der Waals surface area contributed by atoms with Crippen molar-refractivity contribution in [2.75, 3.05) is 6.61 Å². The Balaban J connectivity index is 1.94. The van der Waals surface area contributed by atoms with Gasteiger partial charge in [0.1, 0.15) is 12.4 Å². The molecule has 2 aromatic carbocycles. The minimum atomic E-state index is 0.499. The zero-order valence-electron chi connectivity index (χ0n) is 11.2. The minimum absolute atomic E-state index is 0.499. The summed E-state index contributed by atoms with van der Waals surface area (Å²) in [6.45, 7) is 3.10. The fourth-order valence-corrected chi connectivity index (χ4v) is 1.89. The largest absolute Gasteiger partial charge is 0.489 e. The van der Waals surface area contributed by atoms with Gasteiger partial charge < -0.3 is 10.5 Å². The van der Waals surface area contributed by atoms with Crippen molar-refractivity contribution >= 4 is 6.08 Å². The van der Waals surface area contributed by atoms with E-state index in [0.717, 1.165) is 11.3 Å². The van der Waals surface area contributed by atoms with Crippen LogP contribution in [0.25, 0.3) is 6.08 Å². The molecule has 0 unspecified atom stereocenters. The lowest BCUT2D eigenvalue weighted by atomic mass is 10.1. The number of hydrogen-bond donors (Lipinski definition) is 1. The number of rotatable bonds is 5. The van der Waals surface area contributed by atoms with Crippen LogP contribution in [-0.4, -0.2) is 6.61 Å². The molecule has 0 aliphatic heterocycles. The highest BCUT2D eigenvalue weighted by atomic mass is 16.5. The van der Waals surface area contributed by atoms with E-state index in [4.69, 9.17) is 10.5 Å². The Morgan fingerprint density at radius 2 is 1.89 bits per heavy atom. The van der Waals surface area contributed by atoms with Crippen LogP contribution in [0, 0.1) is 6.92 Å². The van der Waals surface area contributed by atoms with Gasteiger partial charge in [0, 0.05) is 12.1 Å². The van der Waals surface area contributed by atoms with Crippen LogP contribution >= 0.6 is 0 Å². The van der Waals surface area contributed by atoms with Gasteiger partial charge in [0.2, 0.25) is 0 Å². The van der Waals surface area contributed by atoms with E-state index in [0.29, 0.717) is 13.2 Å². The van der Waals surface area contributed by atoms with Gasteiger partial charge in [0.15, 0.2) is 0 Å². The van der Waals surface area contributed by atoms with E-state index in [1.165, 1.54) is 11.1 Å². The number of ether oxygens (including phenoxy) is 1. The van der Waals surface area contributed by atoms with E-state index in [1.54, 1.807) is 0 Å². The fraction of sp³-hybridized carbons (Fsp3) is 0.176. The van der Waals surface area contributed by atoms with Gasteiger partial charge in [-0.2, -0.15) is 0 Å². The van der Waals surface area contributed by atoms with Crippen LogP contribution in [0.15, 0.2) is 54.6 Å². The molecule has 0 saturated carbocycles. The Morgan fingerprint density at radius 1 is 1.11 bits per heavy atom. The smallest absolute Gasteiger partial charge is 0.124 e. The molecule has 0 aliphatic rings. The van der Waals surface area contributed by atoms with Gasteiger partial charge in [0.05, 0.1) is 0 Å². The SMILES string of the molecule is Cc1ccc(OCC=Cc2ccccc2)c(CN)c1. The summed E-state index contributed by atoms with van der Waals surface area (Å²) in [5.41, 5.74) is 9.14. The molecule has 0 aliphatic carbocycles. The summed E-state index contributed by atoms with van der Waals surface area (Å²) in [5.74, 6) is 0.866. The lowest BCUT2D eigenvalue weighted by Gasteiger charge is -2.09. The molecule has 2 aromatic rings. The number of hydrogen-bond acceptors (Lipinski definition) is 2. The van der Waals surface area contributed by atoms with Gasteiger partial charge in [0.25, 0.3) is 0 Å². The summed E-state index contributed by atoms with van der Waals surface area (Å²) < 4.78 is 5.74. The Kier molecular flexibility index (Phi) is 4.76. The first-order valence-electron chi connectivity index (χ1n) is 6.43. The first-order valence-corrected chi connectivity index (χ1v) is 6.43. The lowest BCUT2D eigenvalue weighted by molar-refractivity contribution is 0.359. The van der Waals surface area contributed by atoms with Gasteiger partial charge in [-0.15, -0.1) is 0 Å². The van der Waals surface area contributed by atoms with Gasteiger partial charge in [-0.25, -0.2) is 0 Å². The molecule has 2 heteroatoms. The summed E-state index contributed by atoms with van der Waals surface area (Å²) in [5, 5.41) is 0. The molecular formula is C17H19NO. The molecule has 2 rings (SSSR count). The molecule has 0 bridgehead atoms. The van der Waals surface area contributed by atoms with Crippen molar-refractivity contribution in [3.05, 3.63) is 71.3 Å². The van der Waals surface area contributed by atoms with Gasteiger partial charge in [-0.1, -0.05) is 54.1 Å². The molecule has 0 radical (unpaired) electrons. The van der Waals surface area contributed by atoms with Crippen LogP contribution in [0.3, 0.4) is 0 Å². The molecule has 0 spiro atoms. The topological polar surface area (TPSA) is 35.2 Å². The van der Waals surface area contributed by atoms with E-state index in [9.17, 15) is 0 Å². The van der Waals surface area contributed by atoms with E-state index in [1.807, 2.05) is 36.4 Å². The maximum Gasteiger partial charge on any atom is 0.124 e. The molecule has 2 nitrogen and oxygen atoms in total. The fourth-order valence-electron chi connectivity index (χ4n) is 1.89. The Bertz CT molecular complexity index is 546. The molecule has 0 atom stereocenters. The normalized spacial score (nSPS) is 10.8. The third kappa shape index (κ3) is 3.97. The highest BCUT2D eigenvalue weighted by molar-refractivity contribution is 5.48. The van der Waals surface area contributed by atoms with Crippen molar-refractivity contribution < 1.29 is 4.74 Å². The molecule has 0 fully saturated rings. The van der Waals surface area contributed by atoms with Crippen LogP contribution in [0.1, 0.15) is 16.7 Å². The minimum Gasteiger partial charge on any atom is -0.489 e. The summed E-state index contributed by atoms with van der Waals surface area (Å²) in [7, 11) is 0. The average molecular weight is 253 g/mol. The van der Waals surface area contributed by atoms with Crippen molar-refractivity contribution in [3.63, 3.8) is 0 Å². The van der Waals surface area contributed by atoms with E-state index >= 15 is 0 Å². The zero-order chi connectivity index (χ0) is 13.5. The summed E-state index contributed by atoms with van der Waals surface area (Å²) >= 11 is 0. The van der Waals surface area contributed by atoms with E-state index in [2.05, 4.69) is 31.2 Å². The van der Waals surface area contributed by atoms with Gasteiger partial charge in [-0.05, 0) is 24.6 Å². The number of benzene rings is 2. The average Bonchev–Trinajstić information content (AvgIpc) is 2.46. The molecule has 0 saturated heterocycles. The number of aryl methyl sites for hydroxylation is 1. The first kappa shape index (κ1) is 13.4. The third-order valence-corrected chi connectivity index (χ3v) is 2.88. The molecule has 19 heavy (non-hydrogen) atoms. The Hall–Kier alpha value is -2.06. The maximum atomic E-state index is 5.74. The van der Waals surface area contributed by atoms with Crippen molar-refractivity contribution in [3.8, 4) is 5.75 Å². The molecular weight excluding hydrogens is 234 g/mol. The standard InChI is InChI=1S/C17H19NO/c1-14-9-10-17(16(12-14)13-18)19-11-5-8-15-6-3-2-4-7-15/h2-10,12H,11,13,18H2,1H3. The molecule has 0 amide bonds. The second-order valence-electron chi connectivity index (χ2n) is 4.44. The maximum absolute atomic E-state index is 5.74. The molecule has 0 aromatic heterocycles. The second-order valence-corrected chi connectivity index (χ2v) is 4.44.